The van der Waals surface area contributed by atoms with Crippen LogP contribution in [0.15, 0.2) is 36.4 Å². The van der Waals surface area contributed by atoms with Gasteiger partial charge in [-0.3, -0.25) is 0 Å². The minimum atomic E-state index is -0.395. The molecule has 1 N–H and O–H groups in total. The zero-order chi connectivity index (χ0) is 14.7. The average molecular weight is 316 g/mol. The molecule has 5 heteroatoms. The fourth-order valence-electron chi connectivity index (χ4n) is 2.06. The monoisotopic (exact) mass is 315 g/mol. The third-order valence-corrected chi connectivity index (χ3v) is 3.71. The van der Waals surface area contributed by atoms with E-state index in [4.69, 9.17) is 23.2 Å². The quantitative estimate of drug-likeness (QED) is 0.856. The maximum Gasteiger partial charge on any atom is 0.128 e. The molecule has 0 saturated heterocycles. The maximum absolute atomic E-state index is 13.9. The zero-order valence-electron chi connectivity index (χ0n) is 10.8. The second-order valence-corrected chi connectivity index (χ2v) is 5.29. The van der Waals surface area contributed by atoms with Crippen molar-refractivity contribution in [1.29, 1.82) is 0 Å². The Hall–Kier alpha value is -1.16. The first kappa shape index (κ1) is 15.2. The lowest BCUT2D eigenvalue weighted by Gasteiger charge is -2.18. The minimum absolute atomic E-state index is 0.295. The topological polar surface area (TPSA) is 12.0 Å². The Balaban J connectivity index is 2.31. The molecule has 20 heavy (non-hydrogen) atoms. The highest BCUT2D eigenvalue weighted by Crippen LogP contribution is 2.27. The Labute approximate surface area is 126 Å². The van der Waals surface area contributed by atoms with Crippen LogP contribution >= 0.6 is 23.2 Å². The van der Waals surface area contributed by atoms with Crippen LogP contribution < -0.4 is 5.32 Å². The summed E-state index contributed by atoms with van der Waals surface area (Å²) in [6.45, 7) is 0. The highest BCUT2D eigenvalue weighted by molar-refractivity contribution is 6.31. The van der Waals surface area contributed by atoms with Gasteiger partial charge in [0.15, 0.2) is 0 Å². The van der Waals surface area contributed by atoms with Gasteiger partial charge in [-0.2, -0.15) is 0 Å². The molecule has 0 heterocycles. The smallest absolute Gasteiger partial charge is 0.128 e. The van der Waals surface area contributed by atoms with Crippen LogP contribution in [0.2, 0.25) is 10.0 Å². The Morgan fingerprint density at radius 2 is 1.85 bits per heavy atom. The lowest BCUT2D eigenvalue weighted by molar-refractivity contribution is 0.533. The van der Waals surface area contributed by atoms with Crippen LogP contribution in [0, 0.1) is 11.6 Å². The first-order chi connectivity index (χ1) is 9.51. The molecule has 1 nitrogen and oxygen atoms in total. The maximum atomic E-state index is 13.9. The highest BCUT2D eigenvalue weighted by atomic mass is 35.5. The zero-order valence-corrected chi connectivity index (χ0v) is 12.3. The van der Waals surface area contributed by atoms with Crippen LogP contribution in [-0.2, 0) is 6.42 Å². The van der Waals surface area contributed by atoms with Gasteiger partial charge < -0.3 is 5.32 Å². The predicted octanol–water partition coefficient (Wildman–Crippen LogP) is 4.77. The molecule has 0 aliphatic carbocycles. The molecule has 0 amide bonds. The molecule has 0 saturated carbocycles. The molecule has 2 rings (SSSR count). The lowest BCUT2D eigenvalue weighted by Crippen LogP contribution is -2.20. The van der Waals surface area contributed by atoms with Crippen molar-refractivity contribution >= 4 is 23.2 Å². The van der Waals surface area contributed by atoms with Gasteiger partial charge in [0.2, 0.25) is 0 Å². The van der Waals surface area contributed by atoms with E-state index in [1.165, 1.54) is 24.3 Å². The first-order valence-corrected chi connectivity index (χ1v) is 6.83. The molecular weight excluding hydrogens is 303 g/mol. The summed E-state index contributed by atoms with van der Waals surface area (Å²) in [6, 6.07) is 8.29. The standard InChI is InChI=1S/C15H13Cl2F2N/c1-20-15(12-7-10(16)3-5-14(12)19)6-9-2-4-11(18)8-13(9)17/h2-5,7-8,15,20H,6H2,1H3. The fourth-order valence-corrected chi connectivity index (χ4v) is 2.48. The van der Waals surface area contributed by atoms with Gasteiger partial charge in [0.1, 0.15) is 11.6 Å². The van der Waals surface area contributed by atoms with E-state index in [1.807, 2.05) is 0 Å². The van der Waals surface area contributed by atoms with Crippen LogP contribution in [0.4, 0.5) is 8.78 Å². The highest BCUT2D eigenvalue weighted by Gasteiger charge is 2.16. The second kappa shape index (κ2) is 6.53. The largest absolute Gasteiger partial charge is 0.313 e. The summed E-state index contributed by atoms with van der Waals surface area (Å²) in [5.41, 5.74) is 1.20. The van der Waals surface area contributed by atoms with E-state index in [9.17, 15) is 8.78 Å². The van der Waals surface area contributed by atoms with E-state index >= 15 is 0 Å². The van der Waals surface area contributed by atoms with E-state index in [0.717, 1.165) is 5.56 Å². The van der Waals surface area contributed by atoms with Crippen LogP contribution in [0.1, 0.15) is 17.2 Å². The van der Waals surface area contributed by atoms with Crippen molar-refractivity contribution in [2.45, 2.75) is 12.5 Å². The van der Waals surface area contributed by atoms with Gasteiger partial charge in [0, 0.05) is 21.7 Å². The van der Waals surface area contributed by atoms with Crippen molar-refractivity contribution in [3.05, 3.63) is 69.2 Å². The van der Waals surface area contributed by atoms with Gasteiger partial charge in [0.05, 0.1) is 0 Å². The third kappa shape index (κ3) is 3.48. The predicted molar refractivity (Wildman–Crippen MR) is 78.3 cm³/mol. The van der Waals surface area contributed by atoms with E-state index in [0.29, 0.717) is 22.0 Å². The average Bonchev–Trinajstić information content (AvgIpc) is 2.41. The fraction of sp³-hybridized carbons (Fsp3) is 0.200. The summed E-state index contributed by atoms with van der Waals surface area (Å²) >= 11 is 11.9. The van der Waals surface area contributed by atoms with Gasteiger partial charge in [-0.25, -0.2) is 8.78 Å². The summed E-state index contributed by atoms with van der Waals surface area (Å²) < 4.78 is 26.9. The molecule has 0 aromatic heterocycles. The van der Waals surface area contributed by atoms with E-state index in [-0.39, 0.29) is 11.9 Å². The van der Waals surface area contributed by atoms with Crippen LogP contribution in [-0.4, -0.2) is 7.05 Å². The number of likely N-dealkylation sites (N-methyl/N-ethyl adjacent to an activating group) is 1. The molecule has 0 aliphatic heterocycles. The SMILES string of the molecule is CNC(Cc1ccc(F)cc1Cl)c1cc(Cl)ccc1F. The van der Waals surface area contributed by atoms with Gasteiger partial charge >= 0.3 is 0 Å². The number of hydrogen-bond acceptors (Lipinski definition) is 1. The Morgan fingerprint density at radius 1 is 1.10 bits per heavy atom. The molecule has 0 aliphatic rings. The van der Waals surface area contributed by atoms with Crippen molar-refractivity contribution in [2.75, 3.05) is 7.05 Å². The second-order valence-electron chi connectivity index (χ2n) is 4.45. The number of hydrogen-bond donors (Lipinski definition) is 1. The Morgan fingerprint density at radius 3 is 2.50 bits per heavy atom. The van der Waals surface area contributed by atoms with E-state index in [1.54, 1.807) is 19.2 Å². The summed E-state index contributed by atoms with van der Waals surface area (Å²) in [5, 5.41) is 3.82. The molecule has 106 valence electrons. The molecule has 2 aromatic rings. The minimum Gasteiger partial charge on any atom is -0.313 e. The molecule has 1 unspecified atom stereocenters. The molecule has 0 spiro atoms. The van der Waals surface area contributed by atoms with Crippen molar-refractivity contribution in [1.82, 2.24) is 5.32 Å². The summed E-state index contributed by atoms with van der Waals surface area (Å²) in [4.78, 5) is 0. The first-order valence-electron chi connectivity index (χ1n) is 6.07. The van der Waals surface area contributed by atoms with Gasteiger partial charge in [-0.15, -0.1) is 0 Å². The van der Waals surface area contributed by atoms with Crippen molar-refractivity contribution in [3.63, 3.8) is 0 Å². The number of halogens is 4. The van der Waals surface area contributed by atoms with Crippen molar-refractivity contribution in [2.24, 2.45) is 0 Å². The van der Waals surface area contributed by atoms with Crippen molar-refractivity contribution < 1.29 is 8.78 Å². The third-order valence-electron chi connectivity index (χ3n) is 3.12. The van der Waals surface area contributed by atoms with E-state index in [2.05, 4.69) is 5.32 Å². The van der Waals surface area contributed by atoms with Crippen molar-refractivity contribution in [3.8, 4) is 0 Å². The molecule has 0 fully saturated rings. The Kier molecular flexibility index (Phi) is 4.97. The van der Waals surface area contributed by atoms with Crippen LogP contribution in [0.3, 0.4) is 0 Å². The molecule has 2 aromatic carbocycles. The molecule has 0 bridgehead atoms. The van der Waals surface area contributed by atoms with Crippen LogP contribution in [0.5, 0.6) is 0 Å². The van der Waals surface area contributed by atoms with Gasteiger partial charge in [-0.1, -0.05) is 29.3 Å². The Bertz CT molecular complexity index is 617. The number of rotatable bonds is 4. The number of benzene rings is 2. The van der Waals surface area contributed by atoms with E-state index < -0.39 is 5.82 Å². The molecule has 0 radical (unpaired) electrons. The summed E-state index contributed by atoms with van der Waals surface area (Å²) in [6.07, 6.45) is 0.437. The number of nitrogens with one attached hydrogen (secondary N) is 1. The normalized spacial score (nSPS) is 12.4. The summed E-state index contributed by atoms with van der Waals surface area (Å²) in [5.74, 6) is -0.735. The van der Waals surface area contributed by atoms with Crippen LogP contribution in [0.25, 0.3) is 0 Å². The molecular formula is C15H13Cl2F2N. The lowest BCUT2D eigenvalue weighted by atomic mass is 9.98. The van der Waals surface area contributed by atoms with Gasteiger partial charge in [-0.05, 0) is 49.4 Å². The van der Waals surface area contributed by atoms with Gasteiger partial charge in [0.25, 0.3) is 0 Å². The summed E-state index contributed by atoms with van der Waals surface area (Å²) in [7, 11) is 1.72. The molecule has 1 atom stereocenters.